The predicted molar refractivity (Wildman–Crippen MR) is 279 cm³/mol. The molecule has 1 saturated carbocycles. The van der Waals surface area contributed by atoms with Crippen LogP contribution in [0.4, 0.5) is 0 Å². The Hall–Kier alpha value is -5.12. The van der Waals surface area contributed by atoms with Crippen LogP contribution < -0.4 is 16.4 Å². The summed E-state index contributed by atoms with van der Waals surface area (Å²) in [7, 11) is 8.67. The lowest BCUT2D eigenvalue weighted by atomic mass is 9.76. The highest BCUT2D eigenvalue weighted by atomic mass is 16.5. The molecule has 376 valence electrons. The summed E-state index contributed by atoms with van der Waals surface area (Å²) in [6.45, 7) is 13.5. The summed E-state index contributed by atoms with van der Waals surface area (Å²) >= 11 is 0. The third-order valence-corrected chi connectivity index (χ3v) is 12.7. The molecule has 9 rings (SSSR count). The van der Waals surface area contributed by atoms with E-state index in [2.05, 4.69) is 132 Å². The molecular weight excluding hydrogens is 857 g/mol. The van der Waals surface area contributed by atoms with Gasteiger partial charge in [-0.05, 0) is 137 Å². The average Bonchev–Trinajstić information content (AvgIpc) is 4.24. The van der Waals surface area contributed by atoms with E-state index in [1.165, 1.54) is 136 Å². The van der Waals surface area contributed by atoms with Crippen molar-refractivity contribution in [1.29, 1.82) is 0 Å². The number of aromatic amines is 1. The van der Waals surface area contributed by atoms with Crippen molar-refractivity contribution in [2.24, 2.45) is 10.7 Å². The molecule has 1 aromatic heterocycles. The molecule has 3 fully saturated rings. The van der Waals surface area contributed by atoms with E-state index >= 15 is 0 Å². The number of nitrogens with one attached hydrogen (secondary N) is 3. The zero-order valence-corrected chi connectivity index (χ0v) is 42.7. The summed E-state index contributed by atoms with van der Waals surface area (Å²) in [5, 5.41) is 13.4. The van der Waals surface area contributed by atoms with Gasteiger partial charge >= 0.3 is 0 Å². The van der Waals surface area contributed by atoms with Gasteiger partial charge in [0, 0.05) is 25.5 Å². The lowest BCUT2D eigenvalue weighted by Crippen LogP contribution is -2.38. The molecule has 1 spiro atoms. The monoisotopic (exact) mass is 941 g/mol. The molecule has 6 N–H and O–H groups in total. The maximum Gasteiger partial charge on any atom is 0.204 e. The number of aliphatic hydroxyl groups excluding tert-OH is 1. The first-order chi connectivity index (χ1) is 33.1. The van der Waals surface area contributed by atoms with E-state index < -0.39 is 0 Å². The van der Waals surface area contributed by atoms with Crippen molar-refractivity contribution >= 4 is 37.2 Å². The van der Waals surface area contributed by atoms with E-state index in [0.717, 1.165) is 32.2 Å². The molecule has 14 nitrogen and oxygen atoms in total. The lowest BCUT2D eigenvalue weighted by molar-refractivity contribution is -0.111. The molecule has 3 unspecified atom stereocenters. The number of carbonyl (C=O) groups excluding carboxylic acids is 4. The van der Waals surface area contributed by atoms with Crippen molar-refractivity contribution in [3.05, 3.63) is 83.0 Å². The maximum atomic E-state index is 9.34. The van der Waals surface area contributed by atoms with Crippen molar-refractivity contribution in [1.82, 2.24) is 30.4 Å². The number of carbonyl (C=O) groups is 4. The Kier molecular flexibility index (Phi) is 28.3. The summed E-state index contributed by atoms with van der Waals surface area (Å²) in [5.74, 6) is 2.30. The number of methoxy groups -OCH3 is 1. The normalized spacial score (nSPS) is 20.1. The van der Waals surface area contributed by atoms with Crippen molar-refractivity contribution in [2.75, 3.05) is 61.6 Å². The molecule has 6 aliphatic rings. The zero-order valence-electron chi connectivity index (χ0n) is 42.7. The standard InChI is InChI=1S/C39H46N6.C3H7NO.C3H6O2.2C3H8.CH3NO.CH4O.CH2O/c1-44-21-5-7-34(44)37-40-24-33(43-37)29-15-14-28(36-30(29)17-20-39(36)18-3-4-19-39)26-11-9-25(10-12-26)27-13-16-31-32(23-27)42-38(41-31)35-8-6-22-45(35)2;1-4-2-3-5;1-5-3-2-4;2*1-3-2;2-1-3;2*1-2/h9-15,23-24,31,34-35H,3-8,16-22H2,1-2H3,(H,40,43)(H,41,42);3-4H,2H2,1H3;2H,3H2,1H3;2*3H2,1-2H3;1H,(H2,2,3);2H,1H3;1H2. The molecule has 3 aromatic rings. The fourth-order valence-corrected chi connectivity index (χ4v) is 9.84. The minimum atomic E-state index is 0.208. The van der Waals surface area contributed by atoms with Crippen LogP contribution in [-0.2, 0) is 35.8 Å². The molecule has 1 amide bonds. The zero-order chi connectivity index (χ0) is 50.5. The van der Waals surface area contributed by atoms with Gasteiger partial charge in [-0.2, -0.15) is 0 Å². The number of H-pyrrole nitrogens is 1. The van der Waals surface area contributed by atoms with Gasteiger partial charge in [0.1, 0.15) is 37.6 Å². The Labute approximate surface area is 407 Å². The van der Waals surface area contributed by atoms with Gasteiger partial charge in [0.15, 0.2) is 0 Å². The second-order valence-electron chi connectivity index (χ2n) is 17.6. The number of aldehydes is 2. The van der Waals surface area contributed by atoms with Crippen LogP contribution in [0.25, 0.3) is 28.0 Å². The fraction of sp³-hybridized carbons (Fsp3) is 0.556. The first kappa shape index (κ1) is 59.0. The fourth-order valence-electron chi connectivity index (χ4n) is 9.84. The van der Waals surface area contributed by atoms with Gasteiger partial charge in [-0.15, -0.1) is 0 Å². The van der Waals surface area contributed by atoms with Crippen LogP contribution >= 0.6 is 0 Å². The van der Waals surface area contributed by atoms with Crippen LogP contribution in [0.2, 0.25) is 0 Å². The highest BCUT2D eigenvalue weighted by Crippen LogP contribution is 2.55. The number of ether oxygens (including phenoxy) is 1. The molecule has 3 aliphatic carbocycles. The molecule has 3 atom stereocenters. The number of rotatable bonds is 9. The number of aliphatic hydroxyl groups is 1. The summed E-state index contributed by atoms with van der Waals surface area (Å²) in [4.78, 5) is 53.8. The largest absolute Gasteiger partial charge is 0.400 e. The number of likely N-dealkylation sites (N-methyl/N-ethyl adjacent to an activating group) is 2. The van der Waals surface area contributed by atoms with E-state index in [1.807, 2.05) is 6.79 Å². The quantitative estimate of drug-likeness (QED) is 0.131. The number of likely N-dealkylation sites (tertiary alicyclic amines) is 2. The number of nitrogens with zero attached hydrogens (tertiary/aromatic N) is 4. The number of imidazole rings is 1. The summed E-state index contributed by atoms with van der Waals surface area (Å²) in [5.41, 5.74) is 16.9. The minimum absolute atomic E-state index is 0.208. The number of nitrogens with two attached hydrogens (primary N) is 1. The minimum Gasteiger partial charge on any atom is -0.400 e. The van der Waals surface area contributed by atoms with E-state index in [4.69, 9.17) is 24.7 Å². The highest BCUT2D eigenvalue weighted by molar-refractivity contribution is 5.93. The lowest BCUT2D eigenvalue weighted by Gasteiger charge is -2.28. The molecule has 2 aromatic carbocycles. The number of primary amides is 1. The second kappa shape index (κ2) is 32.6. The molecule has 2 saturated heterocycles. The Morgan fingerprint density at radius 3 is 1.94 bits per heavy atom. The Bertz CT molecular complexity index is 2010. The molecule has 68 heavy (non-hydrogen) atoms. The number of amides is 1. The highest BCUT2D eigenvalue weighted by Gasteiger charge is 2.44. The van der Waals surface area contributed by atoms with Gasteiger partial charge in [-0.25, -0.2) is 4.98 Å². The number of aliphatic imine (C=N–C) groups is 1. The second-order valence-corrected chi connectivity index (χ2v) is 17.6. The molecule has 0 bridgehead atoms. The third kappa shape index (κ3) is 16.0. The molecular formula is C54H84N8O6. The molecule has 0 radical (unpaired) electrons. The van der Waals surface area contributed by atoms with E-state index in [1.54, 1.807) is 18.2 Å². The van der Waals surface area contributed by atoms with Gasteiger partial charge in [-0.3, -0.25) is 19.6 Å². The van der Waals surface area contributed by atoms with Crippen molar-refractivity contribution in [2.45, 2.75) is 135 Å². The summed E-state index contributed by atoms with van der Waals surface area (Å²) < 4.78 is 4.32. The topological polar surface area (TPSA) is 195 Å². The molecule has 3 aliphatic heterocycles. The number of fused-ring (bicyclic) bond motifs is 3. The summed E-state index contributed by atoms with van der Waals surface area (Å²) in [6.07, 6.45) is 24.8. The smallest absolute Gasteiger partial charge is 0.204 e. The van der Waals surface area contributed by atoms with Crippen molar-refractivity contribution in [3.8, 4) is 22.4 Å². The van der Waals surface area contributed by atoms with Crippen LogP contribution in [0, 0.1) is 0 Å². The Morgan fingerprint density at radius 1 is 0.868 bits per heavy atom. The van der Waals surface area contributed by atoms with Crippen LogP contribution in [0.5, 0.6) is 0 Å². The SMILES string of the molecule is C=O.CCC.CCC.CN1CCCC1C1=NC2CC=C(c3ccc(-c4ccc(-c5cnc(C6CCCN6C)[nH]5)c5c4C4(CCCC4)CC5)cc3)C=C2N1.CNCC=O.CO.COCC=O.NC=O. The average molecular weight is 941 g/mol. The van der Waals surface area contributed by atoms with Gasteiger partial charge in [0.05, 0.1) is 36.6 Å². The predicted octanol–water partition coefficient (Wildman–Crippen LogP) is 8.00. The van der Waals surface area contributed by atoms with Gasteiger partial charge in [-0.1, -0.05) is 95.9 Å². The van der Waals surface area contributed by atoms with Gasteiger partial charge in [0.25, 0.3) is 0 Å². The molecule has 14 heteroatoms. The van der Waals surface area contributed by atoms with Crippen LogP contribution in [-0.4, -0.2) is 130 Å². The van der Waals surface area contributed by atoms with E-state index in [-0.39, 0.29) is 19.1 Å². The Morgan fingerprint density at radius 2 is 1.44 bits per heavy atom. The maximum absolute atomic E-state index is 9.34. The van der Waals surface area contributed by atoms with Crippen molar-refractivity contribution < 1.29 is 29.0 Å². The third-order valence-electron chi connectivity index (χ3n) is 12.7. The van der Waals surface area contributed by atoms with Crippen molar-refractivity contribution in [3.63, 3.8) is 0 Å². The number of hydrogen-bond donors (Lipinski definition) is 5. The molecule has 4 heterocycles. The number of hydrogen-bond acceptors (Lipinski definition) is 12. The van der Waals surface area contributed by atoms with Gasteiger partial charge < -0.3 is 45.6 Å². The first-order valence-electron chi connectivity index (χ1n) is 24.5. The number of aromatic nitrogens is 2. The number of allylic oxidation sites excluding steroid dienone is 2. The van der Waals surface area contributed by atoms with Crippen LogP contribution in [0.15, 0.2) is 65.4 Å². The van der Waals surface area contributed by atoms with Gasteiger partial charge in [0.2, 0.25) is 6.41 Å². The van der Waals surface area contributed by atoms with Crippen LogP contribution in [0.3, 0.4) is 0 Å². The summed E-state index contributed by atoms with van der Waals surface area (Å²) in [6, 6.07) is 15.4. The van der Waals surface area contributed by atoms with E-state index in [9.17, 15) is 9.59 Å². The van der Waals surface area contributed by atoms with Crippen LogP contribution in [0.1, 0.15) is 133 Å². The first-order valence-corrected chi connectivity index (χ1v) is 24.5. The van der Waals surface area contributed by atoms with E-state index in [0.29, 0.717) is 30.3 Å². The Balaban J connectivity index is 0.000000587. The number of benzene rings is 2. The number of amidine groups is 1.